The Labute approximate surface area is 107 Å². The Morgan fingerprint density at radius 3 is 2.39 bits per heavy atom. The van der Waals surface area contributed by atoms with Crippen molar-refractivity contribution in [1.29, 1.82) is 0 Å². The molecule has 3 amide bonds. The number of hydrogen-bond donors (Lipinski definition) is 2. The molecule has 0 aliphatic heterocycles. The molecule has 0 heterocycles. The number of hydrogen-bond acceptors (Lipinski definition) is 3. The van der Waals surface area contributed by atoms with Gasteiger partial charge in [-0.25, -0.2) is 14.9 Å². The summed E-state index contributed by atoms with van der Waals surface area (Å²) in [5.41, 5.74) is 5.92. The van der Waals surface area contributed by atoms with Crippen LogP contribution < -0.4 is 11.1 Å². The molecule has 0 aliphatic rings. The molecule has 0 fully saturated rings. The highest BCUT2D eigenvalue weighted by Crippen LogP contribution is 2.02. The van der Waals surface area contributed by atoms with Gasteiger partial charge < -0.3 is 10.5 Å². The molecule has 5 nitrogen and oxygen atoms in total. The van der Waals surface area contributed by atoms with Crippen LogP contribution in [0, 0.1) is 0 Å². The van der Waals surface area contributed by atoms with Gasteiger partial charge in [-0.1, -0.05) is 44.2 Å². The van der Waals surface area contributed by atoms with Crippen LogP contribution in [0.5, 0.6) is 0 Å². The lowest BCUT2D eigenvalue weighted by Crippen LogP contribution is -2.35. The minimum atomic E-state index is -0.909. The fourth-order valence-electron chi connectivity index (χ4n) is 1.22. The Bertz CT molecular complexity index is 353. The molecular weight excluding hydrogens is 232 g/mol. The normalized spacial score (nSPS) is 8.78. The number of ether oxygens (including phenoxy) is 1. The van der Waals surface area contributed by atoms with Crippen molar-refractivity contribution in [3.05, 3.63) is 35.9 Å². The van der Waals surface area contributed by atoms with Gasteiger partial charge in [-0.15, -0.1) is 0 Å². The van der Waals surface area contributed by atoms with E-state index in [0.717, 1.165) is 6.42 Å². The van der Waals surface area contributed by atoms with Crippen LogP contribution in [-0.4, -0.2) is 18.7 Å². The van der Waals surface area contributed by atoms with Crippen LogP contribution in [-0.2, 0) is 11.2 Å². The van der Waals surface area contributed by atoms with Gasteiger partial charge in [0.2, 0.25) is 0 Å². The number of rotatable bonds is 4. The highest BCUT2D eigenvalue weighted by molar-refractivity contribution is 5.89. The standard InChI is InChI=1S/C11H14N2O3.C2H6/c12-10(14)13-11(15)16-8-4-7-9-5-2-1-3-6-9;1-2/h1-3,5-6H,4,7-8H2,(H3,12,13,14,15);1-2H3. The van der Waals surface area contributed by atoms with Crippen molar-refractivity contribution in [2.24, 2.45) is 5.73 Å². The summed E-state index contributed by atoms with van der Waals surface area (Å²) in [4.78, 5) is 21.1. The van der Waals surface area contributed by atoms with Crippen LogP contribution in [0.4, 0.5) is 9.59 Å². The maximum atomic E-state index is 10.8. The van der Waals surface area contributed by atoms with Gasteiger partial charge in [-0.2, -0.15) is 0 Å². The maximum Gasteiger partial charge on any atom is 0.415 e. The van der Waals surface area contributed by atoms with Gasteiger partial charge in [0.05, 0.1) is 6.61 Å². The van der Waals surface area contributed by atoms with E-state index in [1.807, 2.05) is 49.5 Å². The second kappa shape index (κ2) is 10.1. The zero-order chi connectivity index (χ0) is 13.8. The number of aryl methyl sites for hydroxylation is 1. The Morgan fingerprint density at radius 1 is 1.22 bits per heavy atom. The zero-order valence-electron chi connectivity index (χ0n) is 10.8. The number of amides is 3. The number of alkyl carbamates (subject to hydrolysis) is 1. The average molecular weight is 252 g/mol. The molecule has 5 heteroatoms. The molecule has 18 heavy (non-hydrogen) atoms. The highest BCUT2D eigenvalue weighted by Gasteiger charge is 2.03. The van der Waals surface area contributed by atoms with Gasteiger partial charge in [0, 0.05) is 0 Å². The second-order valence-corrected chi connectivity index (χ2v) is 3.21. The first-order valence-electron chi connectivity index (χ1n) is 5.95. The van der Waals surface area contributed by atoms with E-state index in [1.165, 1.54) is 5.56 Å². The summed E-state index contributed by atoms with van der Waals surface area (Å²) in [5, 5.41) is 1.82. The lowest BCUT2D eigenvalue weighted by atomic mass is 10.1. The molecule has 0 unspecified atom stereocenters. The fraction of sp³-hybridized carbons (Fsp3) is 0.385. The van der Waals surface area contributed by atoms with Crippen molar-refractivity contribution in [1.82, 2.24) is 5.32 Å². The SMILES string of the molecule is CC.NC(=O)NC(=O)OCCCc1ccccc1. The summed E-state index contributed by atoms with van der Waals surface area (Å²) in [6.45, 7) is 4.26. The Hall–Kier alpha value is -2.04. The van der Waals surface area contributed by atoms with Crippen LogP contribution >= 0.6 is 0 Å². The van der Waals surface area contributed by atoms with Crippen molar-refractivity contribution in [3.8, 4) is 0 Å². The first-order valence-corrected chi connectivity index (χ1v) is 5.95. The van der Waals surface area contributed by atoms with E-state index in [4.69, 9.17) is 10.5 Å². The molecule has 1 aromatic rings. The van der Waals surface area contributed by atoms with Crippen molar-refractivity contribution >= 4 is 12.1 Å². The molecule has 0 atom stereocenters. The molecule has 0 saturated carbocycles. The van der Waals surface area contributed by atoms with E-state index >= 15 is 0 Å². The molecule has 0 aromatic heterocycles. The third-order valence-corrected chi connectivity index (χ3v) is 1.91. The summed E-state index contributed by atoms with van der Waals surface area (Å²) >= 11 is 0. The molecule has 0 bridgehead atoms. The topological polar surface area (TPSA) is 81.4 Å². The predicted molar refractivity (Wildman–Crippen MR) is 70.2 cm³/mol. The Balaban J connectivity index is 0.00000137. The third kappa shape index (κ3) is 8.15. The average Bonchev–Trinajstić information content (AvgIpc) is 2.37. The van der Waals surface area contributed by atoms with Gasteiger partial charge in [0.15, 0.2) is 0 Å². The fourth-order valence-corrected chi connectivity index (χ4v) is 1.22. The molecule has 1 rings (SSSR count). The van der Waals surface area contributed by atoms with Gasteiger partial charge in [0.25, 0.3) is 0 Å². The summed E-state index contributed by atoms with van der Waals surface area (Å²) in [6, 6.07) is 8.95. The van der Waals surface area contributed by atoms with Crippen LogP contribution in [0.1, 0.15) is 25.8 Å². The molecule has 3 N–H and O–H groups in total. The monoisotopic (exact) mass is 252 g/mol. The third-order valence-electron chi connectivity index (χ3n) is 1.91. The Morgan fingerprint density at radius 2 is 1.83 bits per heavy atom. The van der Waals surface area contributed by atoms with E-state index in [0.29, 0.717) is 6.42 Å². The van der Waals surface area contributed by atoms with E-state index in [-0.39, 0.29) is 6.61 Å². The van der Waals surface area contributed by atoms with E-state index < -0.39 is 12.1 Å². The van der Waals surface area contributed by atoms with E-state index in [2.05, 4.69) is 0 Å². The number of imide groups is 1. The van der Waals surface area contributed by atoms with Crippen LogP contribution in [0.25, 0.3) is 0 Å². The van der Waals surface area contributed by atoms with Crippen LogP contribution in [0.2, 0.25) is 0 Å². The number of primary amides is 1. The van der Waals surface area contributed by atoms with Gasteiger partial charge in [-0.3, -0.25) is 0 Å². The summed E-state index contributed by atoms with van der Waals surface area (Å²) in [7, 11) is 0. The Kier molecular flexibility index (Phi) is 8.99. The zero-order valence-corrected chi connectivity index (χ0v) is 10.8. The molecular formula is C13H20N2O3. The van der Waals surface area contributed by atoms with Gasteiger partial charge in [-0.05, 0) is 18.4 Å². The highest BCUT2D eigenvalue weighted by atomic mass is 16.5. The molecule has 0 saturated heterocycles. The maximum absolute atomic E-state index is 10.8. The minimum absolute atomic E-state index is 0.258. The van der Waals surface area contributed by atoms with Gasteiger partial charge >= 0.3 is 12.1 Å². The molecule has 0 aliphatic carbocycles. The number of carbonyl (C=O) groups is 2. The summed E-state index contributed by atoms with van der Waals surface area (Å²) in [6.07, 6.45) is 0.724. The predicted octanol–water partition coefficient (Wildman–Crippen LogP) is 2.45. The lowest BCUT2D eigenvalue weighted by Gasteiger charge is -2.04. The van der Waals surface area contributed by atoms with E-state index in [1.54, 1.807) is 0 Å². The van der Waals surface area contributed by atoms with E-state index in [9.17, 15) is 9.59 Å². The first kappa shape index (κ1) is 16.0. The molecule has 100 valence electrons. The van der Waals surface area contributed by atoms with Crippen molar-refractivity contribution in [3.63, 3.8) is 0 Å². The van der Waals surface area contributed by atoms with Crippen LogP contribution in [0.3, 0.4) is 0 Å². The smallest absolute Gasteiger partial charge is 0.415 e. The molecule has 0 radical (unpaired) electrons. The quantitative estimate of drug-likeness (QED) is 0.807. The van der Waals surface area contributed by atoms with Crippen molar-refractivity contribution < 1.29 is 14.3 Å². The minimum Gasteiger partial charge on any atom is -0.449 e. The number of benzene rings is 1. The number of urea groups is 1. The summed E-state index contributed by atoms with van der Waals surface area (Å²) < 4.78 is 4.72. The number of nitrogens with two attached hydrogens (primary N) is 1. The second-order valence-electron chi connectivity index (χ2n) is 3.21. The molecule has 1 aromatic carbocycles. The molecule has 0 spiro atoms. The van der Waals surface area contributed by atoms with Crippen LogP contribution in [0.15, 0.2) is 30.3 Å². The number of carbonyl (C=O) groups excluding carboxylic acids is 2. The number of nitrogens with one attached hydrogen (secondary N) is 1. The van der Waals surface area contributed by atoms with Crippen molar-refractivity contribution in [2.75, 3.05) is 6.61 Å². The lowest BCUT2D eigenvalue weighted by molar-refractivity contribution is 0.146. The first-order chi connectivity index (χ1) is 8.68. The summed E-state index contributed by atoms with van der Waals surface area (Å²) in [5.74, 6) is 0. The largest absolute Gasteiger partial charge is 0.449 e. The van der Waals surface area contributed by atoms with Gasteiger partial charge in [0.1, 0.15) is 0 Å². The van der Waals surface area contributed by atoms with Crippen molar-refractivity contribution in [2.45, 2.75) is 26.7 Å².